The molecule has 0 unspecified atom stereocenters. The molecule has 1 heterocycles. The zero-order valence-electron chi connectivity index (χ0n) is 12.5. The van der Waals surface area contributed by atoms with Crippen molar-refractivity contribution < 1.29 is 14.3 Å². The second-order valence-corrected chi connectivity index (χ2v) is 5.35. The Morgan fingerprint density at radius 3 is 2.62 bits per heavy atom. The Balaban J connectivity index is 1.86. The first-order chi connectivity index (χ1) is 10.0. The van der Waals surface area contributed by atoms with Crippen molar-refractivity contribution in [1.29, 1.82) is 0 Å². The minimum absolute atomic E-state index is 0.0418. The molecule has 1 aliphatic rings. The fourth-order valence-corrected chi connectivity index (χ4v) is 2.72. The van der Waals surface area contributed by atoms with Gasteiger partial charge in [0.2, 0.25) is 0 Å². The van der Waals surface area contributed by atoms with E-state index >= 15 is 0 Å². The third-order valence-corrected chi connectivity index (χ3v) is 3.86. The number of nitrogens with one attached hydrogen (secondary N) is 1. The smallest absolute Gasteiger partial charge is 0.308 e. The molecule has 2 rings (SSSR count). The first-order valence-corrected chi connectivity index (χ1v) is 7.27. The molecule has 0 spiro atoms. The lowest BCUT2D eigenvalue weighted by atomic mass is 9.86. The summed E-state index contributed by atoms with van der Waals surface area (Å²) in [6, 6.07) is 0.0671. The zero-order valence-corrected chi connectivity index (χ0v) is 12.5. The van der Waals surface area contributed by atoms with Crippen LogP contribution in [0.3, 0.4) is 0 Å². The van der Waals surface area contributed by atoms with Gasteiger partial charge in [-0.25, -0.2) is 0 Å². The van der Waals surface area contributed by atoms with Crippen LogP contribution in [0.15, 0.2) is 6.20 Å². The molecule has 0 aromatic carbocycles. The van der Waals surface area contributed by atoms with Crippen LogP contribution in [0.5, 0.6) is 0 Å². The number of hydrogen-bond acceptors (Lipinski definition) is 5. The minimum Gasteiger partial charge on any atom is -0.466 e. The number of nitrogen functional groups attached to an aromatic ring is 1. The van der Waals surface area contributed by atoms with E-state index in [2.05, 4.69) is 10.4 Å². The van der Waals surface area contributed by atoms with Gasteiger partial charge in [0.25, 0.3) is 5.91 Å². The Bertz CT molecular complexity index is 499. The van der Waals surface area contributed by atoms with E-state index in [0.29, 0.717) is 18.0 Å². The topological polar surface area (TPSA) is 99.2 Å². The van der Waals surface area contributed by atoms with E-state index < -0.39 is 0 Å². The van der Waals surface area contributed by atoms with Gasteiger partial charge in [0.05, 0.1) is 24.4 Å². The first kappa shape index (κ1) is 15.3. The highest BCUT2D eigenvalue weighted by Gasteiger charge is 2.28. The maximum absolute atomic E-state index is 12.2. The van der Waals surface area contributed by atoms with Crippen molar-refractivity contribution in [2.45, 2.75) is 38.6 Å². The Labute approximate surface area is 123 Å². The van der Waals surface area contributed by atoms with Crippen molar-refractivity contribution in [3.8, 4) is 0 Å². The van der Waals surface area contributed by atoms with Crippen LogP contribution in [0, 0.1) is 5.92 Å². The summed E-state index contributed by atoms with van der Waals surface area (Å²) in [5.74, 6) is -0.384. The van der Waals surface area contributed by atoms with Crippen molar-refractivity contribution in [3.63, 3.8) is 0 Å². The number of hydrogen-bond donors (Lipinski definition) is 2. The number of rotatable bonds is 4. The molecule has 116 valence electrons. The van der Waals surface area contributed by atoms with Gasteiger partial charge in [-0.1, -0.05) is 0 Å². The summed E-state index contributed by atoms with van der Waals surface area (Å²) in [6.07, 6.45) is 4.49. The summed E-state index contributed by atoms with van der Waals surface area (Å²) in [5, 5.41) is 6.92. The molecule has 0 radical (unpaired) electrons. The van der Waals surface area contributed by atoms with Crippen LogP contribution in [0.4, 0.5) is 5.69 Å². The van der Waals surface area contributed by atoms with E-state index in [9.17, 15) is 9.59 Å². The second-order valence-electron chi connectivity index (χ2n) is 5.35. The number of nitrogens with zero attached hydrogens (tertiary/aromatic N) is 2. The lowest BCUT2D eigenvalue weighted by Gasteiger charge is -2.27. The van der Waals surface area contributed by atoms with Crippen molar-refractivity contribution >= 4 is 17.6 Å². The Morgan fingerprint density at radius 1 is 1.43 bits per heavy atom. The predicted octanol–water partition coefficient (Wildman–Crippen LogP) is 0.854. The fraction of sp³-hybridized carbons (Fsp3) is 0.643. The van der Waals surface area contributed by atoms with Crippen LogP contribution < -0.4 is 11.1 Å². The molecule has 1 aromatic heterocycles. The number of anilines is 1. The summed E-state index contributed by atoms with van der Waals surface area (Å²) >= 11 is 0. The molecule has 21 heavy (non-hydrogen) atoms. The van der Waals surface area contributed by atoms with Gasteiger partial charge in [-0.3, -0.25) is 14.3 Å². The normalized spacial score (nSPS) is 21.8. The SMILES string of the molecule is CCOC(=O)C1CCC(NC(=O)c2c(N)cnn2C)CC1. The number of carbonyl (C=O) groups is 2. The lowest BCUT2D eigenvalue weighted by Crippen LogP contribution is -2.39. The van der Waals surface area contributed by atoms with Gasteiger partial charge in [-0.05, 0) is 32.6 Å². The highest BCUT2D eigenvalue weighted by molar-refractivity contribution is 5.97. The minimum atomic E-state index is -0.216. The maximum Gasteiger partial charge on any atom is 0.308 e. The molecular formula is C14H22N4O3. The van der Waals surface area contributed by atoms with Crippen LogP contribution in [0.2, 0.25) is 0 Å². The van der Waals surface area contributed by atoms with E-state index in [1.54, 1.807) is 7.05 Å². The van der Waals surface area contributed by atoms with Crippen molar-refractivity contribution in [2.75, 3.05) is 12.3 Å². The first-order valence-electron chi connectivity index (χ1n) is 7.27. The molecule has 1 saturated carbocycles. The van der Waals surface area contributed by atoms with E-state index in [1.165, 1.54) is 10.9 Å². The summed E-state index contributed by atoms with van der Waals surface area (Å²) in [5.41, 5.74) is 6.49. The number of nitrogens with two attached hydrogens (primary N) is 1. The molecule has 0 saturated heterocycles. The lowest BCUT2D eigenvalue weighted by molar-refractivity contribution is -0.149. The van der Waals surface area contributed by atoms with Gasteiger partial charge in [0, 0.05) is 13.1 Å². The summed E-state index contributed by atoms with van der Waals surface area (Å²) in [7, 11) is 1.68. The average Bonchev–Trinajstić information content (AvgIpc) is 2.79. The number of aromatic nitrogens is 2. The van der Waals surface area contributed by atoms with Crippen molar-refractivity contribution in [2.24, 2.45) is 13.0 Å². The van der Waals surface area contributed by atoms with Gasteiger partial charge in [-0.15, -0.1) is 0 Å². The number of aryl methyl sites for hydroxylation is 1. The van der Waals surface area contributed by atoms with Gasteiger partial charge in [-0.2, -0.15) is 5.10 Å². The highest BCUT2D eigenvalue weighted by atomic mass is 16.5. The number of esters is 1. The summed E-state index contributed by atoms with van der Waals surface area (Å²) in [4.78, 5) is 23.9. The van der Waals surface area contributed by atoms with Crippen LogP contribution in [-0.2, 0) is 16.6 Å². The van der Waals surface area contributed by atoms with Crippen LogP contribution in [0.25, 0.3) is 0 Å². The Morgan fingerprint density at radius 2 is 2.10 bits per heavy atom. The average molecular weight is 294 g/mol. The molecule has 7 heteroatoms. The van der Waals surface area contributed by atoms with Gasteiger partial charge in [0.15, 0.2) is 0 Å². The van der Waals surface area contributed by atoms with Crippen LogP contribution >= 0.6 is 0 Å². The molecule has 1 fully saturated rings. The number of ether oxygens (including phenoxy) is 1. The van der Waals surface area contributed by atoms with E-state index in [0.717, 1.165) is 25.7 Å². The van der Waals surface area contributed by atoms with Crippen LogP contribution in [0.1, 0.15) is 43.1 Å². The van der Waals surface area contributed by atoms with Gasteiger partial charge in [0.1, 0.15) is 5.69 Å². The molecule has 0 atom stereocenters. The fourth-order valence-electron chi connectivity index (χ4n) is 2.72. The predicted molar refractivity (Wildman–Crippen MR) is 77.5 cm³/mol. The third-order valence-electron chi connectivity index (χ3n) is 3.86. The second kappa shape index (κ2) is 6.60. The molecule has 1 amide bonds. The van der Waals surface area contributed by atoms with E-state index in [-0.39, 0.29) is 23.8 Å². The molecule has 7 nitrogen and oxygen atoms in total. The number of amides is 1. The van der Waals surface area contributed by atoms with Crippen molar-refractivity contribution in [3.05, 3.63) is 11.9 Å². The van der Waals surface area contributed by atoms with E-state index in [4.69, 9.17) is 10.5 Å². The van der Waals surface area contributed by atoms with Gasteiger partial charge >= 0.3 is 5.97 Å². The van der Waals surface area contributed by atoms with E-state index in [1.807, 2.05) is 6.92 Å². The van der Waals surface area contributed by atoms with Gasteiger partial charge < -0.3 is 15.8 Å². The standard InChI is InChI=1S/C14H22N4O3/c1-3-21-14(20)9-4-6-10(7-5-9)17-13(19)12-11(15)8-16-18(12)2/h8-10H,3-7,15H2,1-2H3,(H,17,19). The Kier molecular flexibility index (Phi) is 4.82. The zero-order chi connectivity index (χ0) is 15.4. The molecule has 0 aliphatic heterocycles. The molecule has 3 N–H and O–H groups in total. The molecule has 1 aliphatic carbocycles. The maximum atomic E-state index is 12.2. The van der Waals surface area contributed by atoms with Crippen LogP contribution in [-0.4, -0.2) is 34.3 Å². The highest BCUT2D eigenvalue weighted by Crippen LogP contribution is 2.25. The number of carbonyl (C=O) groups excluding carboxylic acids is 2. The third kappa shape index (κ3) is 3.53. The quantitative estimate of drug-likeness (QED) is 0.802. The summed E-state index contributed by atoms with van der Waals surface area (Å²) < 4.78 is 6.50. The van der Waals surface area contributed by atoms with Crippen molar-refractivity contribution in [1.82, 2.24) is 15.1 Å². The monoisotopic (exact) mass is 294 g/mol. The molecule has 1 aromatic rings. The molecular weight excluding hydrogens is 272 g/mol. The summed E-state index contributed by atoms with van der Waals surface area (Å²) in [6.45, 7) is 2.22. The largest absolute Gasteiger partial charge is 0.466 e. The molecule has 0 bridgehead atoms. The Hall–Kier alpha value is -2.05.